The van der Waals surface area contributed by atoms with Gasteiger partial charge in [0, 0.05) is 12.1 Å². The summed E-state index contributed by atoms with van der Waals surface area (Å²) in [6.07, 6.45) is 2.17. The van der Waals surface area contributed by atoms with Crippen molar-refractivity contribution in [3.63, 3.8) is 0 Å². The van der Waals surface area contributed by atoms with Gasteiger partial charge >= 0.3 is 7.60 Å². The highest BCUT2D eigenvalue weighted by molar-refractivity contribution is 7.51. The van der Waals surface area contributed by atoms with Gasteiger partial charge in [0.25, 0.3) is 0 Å². The molecule has 0 amide bonds. The van der Waals surface area contributed by atoms with Gasteiger partial charge in [0.05, 0.1) is 19.0 Å². The highest BCUT2D eigenvalue weighted by atomic mass is 31.2. The predicted molar refractivity (Wildman–Crippen MR) is 95.5 cm³/mol. The first-order valence-corrected chi connectivity index (χ1v) is 10.00. The minimum absolute atomic E-state index is 0.258. The van der Waals surface area contributed by atoms with Gasteiger partial charge in [-0.1, -0.05) is 0 Å². The Balaban J connectivity index is 2.27. The molecule has 0 saturated heterocycles. The van der Waals surface area contributed by atoms with Gasteiger partial charge in [0.15, 0.2) is 17.0 Å². The van der Waals surface area contributed by atoms with E-state index in [2.05, 4.69) is 47.5 Å². The lowest BCUT2D eigenvalue weighted by Gasteiger charge is -2.31. The van der Waals surface area contributed by atoms with E-state index in [0.29, 0.717) is 17.7 Å². The molecule has 2 N–H and O–H groups in total. The summed E-state index contributed by atoms with van der Waals surface area (Å²) >= 11 is 0. The standard InChI is InChI=1S/C15H26N5O4P/c1-10(2)20(11(3)4)15-13-14(16-7-17-15)19(8-18-13)6-12(5)24-9-25(21,22)23/h7-8,10-12H,6,9H2,1-5H3,(H2,21,22,23)/t12-/m0/s1. The number of imidazole rings is 1. The highest BCUT2D eigenvalue weighted by Crippen LogP contribution is 2.34. The number of ether oxygens (including phenoxy) is 1. The summed E-state index contributed by atoms with van der Waals surface area (Å²) in [5.41, 5.74) is 1.37. The van der Waals surface area contributed by atoms with E-state index in [1.165, 1.54) is 6.33 Å². The van der Waals surface area contributed by atoms with Crippen LogP contribution in [0.15, 0.2) is 12.7 Å². The Hall–Kier alpha value is -1.54. The van der Waals surface area contributed by atoms with Gasteiger partial charge in [-0.15, -0.1) is 0 Å². The first kappa shape index (κ1) is 19.8. The second kappa shape index (κ2) is 7.78. The summed E-state index contributed by atoms with van der Waals surface area (Å²) < 4.78 is 17.9. The largest absolute Gasteiger partial charge is 0.364 e. The lowest BCUT2D eigenvalue weighted by Crippen LogP contribution is -2.37. The van der Waals surface area contributed by atoms with Crippen molar-refractivity contribution in [2.24, 2.45) is 0 Å². The molecule has 2 aromatic heterocycles. The van der Waals surface area contributed by atoms with Gasteiger partial charge in [-0.2, -0.15) is 0 Å². The molecule has 0 aliphatic heterocycles. The molecule has 0 fully saturated rings. The van der Waals surface area contributed by atoms with E-state index in [-0.39, 0.29) is 12.1 Å². The van der Waals surface area contributed by atoms with Gasteiger partial charge in [-0.05, 0) is 34.6 Å². The first-order chi connectivity index (χ1) is 11.6. The van der Waals surface area contributed by atoms with E-state index >= 15 is 0 Å². The summed E-state index contributed by atoms with van der Waals surface area (Å²) in [7, 11) is -4.18. The second-order valence-electron chi connectivity index (χ2n) is 6.63. The maximum Gasteiger partial charge on any atom is 0.350 e. The SMILES string of the molecule is CC(C)N(c1ncnc2c1ncn2C[C@H](C)OCP(=O)(O)O)C(C)C. The summed E-state index contributed by atoms with van der Waals surface area (Å²) in [6.45, 7) is 10.5. The van der Waals surface area contributed by atoms with Gasteiger partial charge in [-0.3, -0.25) is 4.57 Å². The Morgan fingerprint density at radius 3 is 2.36 bits per heavy atom. The van der Waals surface area contributed by atoms with Gasteiger partial charge in [0.2, 0.25) is 0 Å². The number of anilines is 1. The van der Waals surface area contributed by atoms with E-state index in [9.17, 15) is 4.57 Å². The summed E-state index contributed by atoms with van der Waals surface area (Å²) in [4.78, 5) is 33.2. The topological polar surface area (TPSA) is 114 Å². The number of aromatic nitrogens is 4. The van der Waals surface area contributed by atoms with Crippen molar-refractivity contribution in [3.05, 3.63) is 12.7 Å². The van der Waals surface area contributed by atoms with Crippen LogP contribution < -0.4 is 4.90 Å². The Labute approximate surface area is 147 Å². The third-order valence-corrected chi connectivity index (χ3v) is 4.21. The summed E-state index contributed by atoms with van der Waals surface area (Å²) in [6, 6.07) is 0.516. The first-order valence-electron chi connectivity index (χ1n) is 8.20. The van der Waals surface area contributed by atoms with Crippen LogP contribution in [0.5, 0.6) is 0 Å². The van der Waals surface area contributed by atoms with Crippen LogP contribution in [-0.2, 0) is 15.8 Å². The molecular formula is C15H26N5O4P. The van der Waals surface area contributed by atoms with Crippen LogP contribution in [-0.4, -0.2) is 53.8 Å². The van der Waals surface area contributed by atoms with Crippen LogP contribution in [0.25, 0.3) is 11.2 Å². The molecule has 2 heterocycles. The van der Waals surface area contributed by atoms with E-state index in [1.54, 1.807) is 13.3 Å². The Kier molecular flexibility index (Phi) is 6.16. The third kappa shape index (κ3) is 4.98. The zero-order chi connectivity index (χ0) is 18.8. The summed E-state index contributed by atoms with van der Waals surface area (Å²) in [5, 5.41) is 0. The molecule has 0 aliphatic carbocycles. The molecule has 0 spiro atoms. The maximum absolute atomic E-state index is 10.9. The molecule has 0 aromatic carbocycles. The van der Waals surface area contributed by atoms with Crippen LogP contribution >= 0.6 is 7.60 Å². The van der Waals surface area contributed by atoms with Crippen LogP contribution in [0.3, 0.4) is 0 Å². The van der Waals surface area contributed by atoms with E-state index in [1.807, 2.05) is 4.57 Å². The van der Waals surface area contributed by atoms with E-state index in [0.717, 1.165) is 5.82 Å². The molecule has 0 aliphatic rings. The lowest BCUT2D eigenvalue weighted by atomic mass is 10.2. The molecular weight excluding hydrogens is 345 g/mol. The quantitative estimate of drug-likeness (QED) is 0.677. The molecule has 1 atom stereocenters. The zero-order valence-electron chi connectivity index (χ0n) is 15.2. The average Bonchev–Trinajstić information content (AvgIpc) is 2.88. The number of hydrogen-bond acceptors (Lipinski definition) is 6. The van der Waals surface area contributed by atoms with E-state index < -0.39 is 20.0 Å². The molecule has 25 heavy (non-hydrogen) atoms. The smallest absolute Gasteiger partial charge is 0.350 e. The lowest BCUT2D eigenvalue weighted by molar-refractivity contribution is 0.0764. The molecule has 9 nitrogen and oxygen atoms in total. The van der Waals surface area contributed by atoms with Gasteiger partial charge < -0.3 is 24.0 Å². The fourth-order valence-corrected chi connectivity index (χ4v) is 3.28. The predicted octanol–water partition coefficient (Wildman–Crippen LogP) is 1.99. The van der Waals surface area contributed by atoms with Crippen molar-refractivity contribution in [2.75, 3.05) is 11.2 Å². The van der Waals surface area contributed by atoms with Crippen LogP contribution in [0.2, 0.25) is 0 Å². The Bertz CT molecular complexity index is 749. The van der Waals surface area contributed by atoms with Crippen molar-refractivity contribution in [1.82, 2.24) is 19.5 Å². The van der Waals surface area contributed by atoms with Crippen molar-refractivity contribution in [3.8, 4) is 0 Å². The van der Waals surface area contributed by atoms with Crippen LogP contribution in [0.4, 0.5) is 5.82 Å². The van der Waals surface area contributed by atoms with Crippen molar-refractivity contribution >= 4 is 24.6 Å². The Morgan fingerprint density at radius 1 is 1.16 bits per heavy atom. The molecule has 0 radical (unpaired) electrons. The average molecular weight is 371 g/mol. The van der Waals surface area contributed by atoms with Crippen LogP contribution in [0.1, 0.15) is 34.6 Å². The van der Waals surface area contributed by atoms with Crippen molar-refractivity contribution < 1.29 is 19.1 Å². The van der Waals surface area contributed by atoms with Gasteiger partial charge in [0.1, 0.15) is 12.7 Å². The minimum atomic E-state index is -4.18. The Morgan fingerprint density at radius 2 is 1.80 bits per heavy atom. The van der Waals surface area contributed by atoms with Crippen LogP contribution in [0, 0.1) is 0 Å². The normalized spacial score (nSPS) is 13.8. The maximum atomic E-state index is 10.9. The van der Waals surface area contributed by atoms with E-state index in [4.69, 9.17) is 14.5 Å². The molecule has 2 aromatic rings. The number of hydrogen-bond donors (Lipinski definition) is 2. The fourth-order valence-electron chi connectivity index (χ4n) is 2.83. The third-order valence-electron chi connectivity index (χ3n) is 3.72. The zero-order valence-corrected chi connectivity index (χ0v) is 16.1. The number of rotatable bonds is 8. The van der Waals surface area contributed by atoms with Gasteiger partial charge in [-0.25, -0.2) is 15.0 Å². The summed E-state index contributed by atoms with van der Waals surface area (Å²) in [5.74, 6) is 0.775. The number of fused-ring (bicyclic) bond motifs is 1. The molecule has 0 bridgehead atoms. The fraction of sp³-hybridized carbons (Fsp3) is 0.667. The monoisotopic (exact) mass is 371 g/mol. The molecule has 0 saturated carbocycles. The molecule has 2 rings (SSSR count). The minimum Gasteiger partial charge on any atom is -0.364 e. The molecule has 140 valence electrons. The second-order valence-corrected chi connectivity index (χ2v) is 8.22. The molecule has 0 unspecified atom stereocenters. The number of nitrogens with zero attached hydrogens (tertiary/aromatic N) is 5. The highest BCUT2D eigenvalue weighted by Gasteiger charge is 2.22. The van der Waals surface area contributed by atoms with Crippen molar-refractivity contribution in [2.45, 2.75) is 59.4 Å². The molecule has 10 heteroatoms. The van der Waals surface area contributed by atoms with Crippen molar-refractivity contribution in [1.29, 1.82) is 0 Å².